The molecule has 2 aromatic carbocycles. The van der Waals surface area contributed by atoms with Gasteiger partial charge in [-0.05, 0) is 17.5 Å². The highest BCUT2D eigenvalue weighted by Crippen LogP contribution is 2.26. The summed E-state index contributed by atoms with van der Waals surface area (Å²) in [6.07, 6.45) is 0.0291. The topological polar surface area (TPSA) is 84.0 Å². The Balaban J connectivity index is 1.76. The summed E-state index contributed by atoms with van der Waals surface area (Å²) in [5.41, 5.74) is 1.43. The first-order valence-electron chi connectivity index (χ1n) is 8.56. The number of benzene rings is 2. The molecule has 0 N–H and O–H groups in total. The molecule has 3 rings (SSSR count). The molecule has 0 radical (unpaired) electrons. The SMILES string of the molecule is O=C(CN1[C@@H](Cc2ccccc2)C(=O)N(CF)S1(=O)=O)OCc1ccccc1. The van der Waals surface area contributed by atoms with Crippen molar-refractivity contribution in [2.75, 3.05) is 13.3 Å². The number of hydrogen-bond acceptors (Lipinski definition) is 5. The van der Waals surface area contributed by atoms with E-state index in [0.29, 0.717) is 9.87 Å². The zero-order chi connectivity index (χ0) is 20.1. The Hall–Kier alpha value is -2.78. The first-order valence-corrected chi connectivity index (χ1v) is 9.96. The molecule has 1 aliphatic rings. The lowest BCUT2D eigenvalue weighted by atomic mass is 10.1. The van der Waals surface area contributed by atoms with Gasteiger partial charge in [0.1, 0.15) is 19.2 Å². The van der Waals surface area contributed by atoms with Gasteiger partial charge in [0.2, 0.25) is 0 Å². The van der Waals surface area contributed by atoms with Crippen molar-refractivity contribution in [1.29, 1.82) is 0 Å². The van der Waals surface area contributed by atoms with Crippen LogP contribution in [0.1, 0.15) is 11.1 Å². The average Bonchev–Trinajstić information content (AvgIpc) is 2.87. The molecule has 2 aromatic rings. The maximum absolute atomic E-state index is 13.2. The van der Waals surface area contributed by atoms with Crippen LogP contribution in [0.5, 0.6) is 0 Å². The zero-order valence-corrected chi connectivity index (χ0v) is 15.7. The van der Waals surface area contributed by atoms with Crippen molar-refractivity contribution in [3.05, 3.63) is 71.8 Å². The molecular weight excluding hydrogens is 387 g/mol. The number of rotatable bonds is 7. The van der Waals surface area contributed by atoms with E-state index >= 15 is 0 Å². The maximum Gasteiger partial charge on any atom is 0.321 e. The van der Waals surface area contributed by atoms with Gasteiger partial charge in [0.15, 0.2) is 6.80 Å². The molecule has 1 atom stereocenters. The first kappa shape index (κ1) is 20.0. The molecule has 9 heteroatoms. The molecule has 0 unspecified atom stereocenters. The zero-order valence-electron chi connectivity index (χ0n) is 14.9. The quantitative estimate of drug-likeness (QED) is 0.516. The molecule has 28 heavy (non-hydrogen) atoms. The van der Waals surface area contributed by atoms with Gasteiger partial charge in [-0.1, -0.05) is 60.7 Å². The van der Waals surface area contributed by atoms with Crippen LogP contribution >= 0.6 is 0 Å². The molecule has 1 fully saturated rings. The first-order chi connectivity index (χ1) is 13.4. The van der Waals surface area contributed by atoms with Crippen LogP contribution in [-0.4, -0.2) is 48.3 Å². The third kappa shape index (κ3) is 4.20. The van der Waals surface area contributed by atoms with Crippen molar-refractivity contribution in [3.63, 3.8) is 0 Å². The van der Waals surface area contributed by atoms with E-state index in [2.05, 4.69) is 0 Å². The predicted octanol–water partition coefficient (Wildman–Crippen LogP) is 1.66. The van der Waals surface area contributed by atoms with Crippen molar-refractivity contribution < 1.29 is 27.1 Å². The molecule has 1 amide bonds. The third-order valence-corrected chi connectivity index (χ3v) is 6.17. The highest BCUT2D eigenvalue weighted by Gasteiger charge is 2.51. The number of esters is 1. The van der Waals surface area contributed by atoms with E-state index in [1.807, 2.05) is 6.07 Å². The normalized spacial score (nSPS) is 19.0. The van der Waals surface area contributed by atoms with Crippen molar-refractivity contribution in [3.8, 4) is 0 Å². The lowest BCUT2D eigenvalue weighted by molar-refractivity contribution is -0.145. The Kier molecular flexibility index (Phi) is 6.05. The Bertz CT molecular complexity index is 937. The van der Waals surface area contributed by atoms with Crippen molar-refractivity contribution in [2.24, 2.45) is 0 Å². The number of carbonyl (C=O) groups is 2. The third-order valence-electron chi connectivity index (χ3n) is 4.36. The molecule has 0 saturated carbocycles. The van der Waals surface area contributed by atoms with Gasteiger partial charge in [-0.25, -0.2) is 4.39 Å². The van der Waals surface area contributed by atoms with Gasteiger partial charge in [-0.3, -0.25) is 9.59 Å². The Morgan fingerprint density at radius 1 is 1.00 bits per heavy atom. The lowest BCUT2D eigenvalue weighted by Crippen LogP contribution is -2.41. The average molecular weight is 406 g/mol. The van der Waals surface area contributed by atoms with Crippen LogP contribution in [0, 0.1) is 0 Å². The Morgan fingerprint density at radius 2 is 1.57 bits per heavy atom. The summed E-state index contributed by atoms with van der Waals surface area (Å²) in [5.74, 6) is -1.72. The fourth-order valence-corrected chi connectivity index (χ4v) is 4.42. The van der Waals surface area contributed by atoms with Crippen LogP contribution in [0.3, 0.4) is 0 Å². The Labute approximate surface area is 162 Å². The summed E-state index contributed by atoms with van der Waals surface area (Å²) < 4.78 is 44.2. The minimum atomic E-state index is -4.43. The van der Waals surface area contributed by atoms with Gasteiger partial charge in [0.05, 0.1) is 0 Å². The second-order valence-corrected chi connectivity index (χ2v) is 8.02. The molecule has 0 spiro atoms. The van der Waals surface area contributed by atoms with Crippen LogP contribution in [0.4, 0.5) is 4.39 Å². The van der Waals surface area contributed by atoms with E-state index in [1.165, 1.54) is 0 Å². The van der Waals surface area contributed by atoms with Gasteiger partial charge < -0.3 is 4.74 Å². The largest absolute Gasteiger partial charge is 0.460 e. The van der Waals surface area contributed by atoms with Crippen LogP contribution in [0.15, 0.2) is 60.7 Å². The highest BCUT2D eigenvalue weighted by atomic mass is 32.2. The molecule has 0 aliphatic carbocycles. The van der Waals surface area contributed by atoms with Crippen LogP contribution in [-0.2, 0) is 37.6 Å². The summed E-state index contributed by atoms with van der Waals surface area (Å²) in [6.45, 7) is -2.19. The van der Waals surface area contributed by atoms with E-state index in [-0.39, 0.29) is 17.3 Å². The standard InChI is InChI=1S/C19H19FN2O5S/c20-14-22-19(24)17(11-15-7-3-1-4-8-15)21(28(22,25)26)12-18(23)27-13-16-9-5-2-6-10-16/h1-10,17H,11-14H2/t17-/m0/s1. The van der Waals surface area contributed by atoms with Gasteiger partial charge >= 0.3 is 16.2 Å². The number of nitrogens with zero attached hydrogens (tertiary/aromatic N) is 2. The summed E-state index contributed by atoms with van der Waals surface area (Å²) in [7, 11) is -4.43. The number of alkyl halides is 1. The van der Waals surface area contributed by atoms with Crippen molar-refractivity contribution >= 4 is 22.1 Å². The Morgan fingerprint density at radius 3 is 2.14 bits per heavy atom. The molecule has 148 valence electrons. The second-order valence-electron chi connectivity index (χ2n) is 6.21. The van der Waals surface area contributed by atoms with Gasteiger partial charge in [-0.15, -0.1) is 0 Å². The van der Waals surface area contributed by atoms with Crippen LogP contribution in [0.25, 0.3) is 0 Å². The monoisotopic (exact) mass is 406 g/mol. The number of hydrogen-bond donors (Lipinski definition) is 0. The smallest absolute Gasteiger partial charge is 0.321 e. The van der Waals surface area contributed by atoms with Crippen molar-refractivity contribution in [1.82, 2.24) is 8.61 Å². The molecule has 1 heterocycles. The number of amides is 1. The number of halogens is 1. The molecule has 0 aromatic heterocycles. The number of carbonyl (C=O) groups excluding carboxylic acids is 2. The number of ether oxygens (including phenoxy) is 1. The molecule has 1 aliphatic heterocycles. The maximum atomic E-state index is 13.2. The molecular formula is C19H19FN2O5S. The van der Waals surface area contributed by atoms with E-state index in [9.17, 15) is 22.4 Å². The fourth-order valence-electron chi connectivity index (χ4n) is 2.94. The van der Waals surface area contributed by atoms with Crippen LogP contribution < -0.4 is 0 Å². The fraction of sp³-hybridized carbons (Fsp3) is 0.263. The predicted molar refractivity (Wildman–Crippen MR) is 98.6 cm³/mol. The van der Waals surface area contributed by atoms with E-state index < -0.39 is 41.5 Å². The summed E-state index contributed by atoms with van der Waals surface area (Å²) in [4.78, 5) is 24.6. The highest BCUT2D eigenvalue weighted by molar-refractivity contribution is 7.87. The van der Waals surface area contributed by atoms with Crippen LogP contribution in [0.2, 0.25) is 0 Å². The minimum absolute atomic E-state index is 0.0291. The van der Waals surface area contributed by atoms with E-state index in [4.69, 9.17) is 4.74 Å². The lowest BCUT2D eigenvalue weighted by Gasteiger charge is -2.19. The molecule has 0 bridgehead atoms. The van der Waals surface area contributed by atoms with Gasteiger partial charge in [-0.2, -0.15) is 17.0 Å². The van der Waals surface area contributed by atoms with Crippen molar-refractivity contribution in [2.45, 2.75) is 19.1 Å². The molecule has 1 saturated heterocycles. The summed E-state index contributed by atoms with van der Waals surface area (Å²) in [5, 5.41) is 0. The van der Waals surface area contributed by atoms with Gasteiger partial charge in [0, 0.05) is 0 Å². The second kappa shape index (κ2) is 8.49. The van der Waals surface area contributed by atoms with E-state index in [0.717, 1.165) is 5.56 Å². The molecule has 7 nitrogen and oxygen atoms in total. The minimum Gasteiger partial charge on any atom is -0.460 e. The summed E-state index contributed by atoms with van der Waals surface area (Å²) >= 11 is 0. The summed E-state index contributed by atoms with van der Waals surface area (Å²) in [6, 6.07) is 16.4. The van der Waals surface area contributed by atoms with Gasteiger partial charge in [0.25, 0.3) is 5.91 Å². The van der Waals surface area contributed by atoms with E-state index in [1.54, 1.807) is 54.6 Å².